The number of rotatable bonds is 2. The van der Waals surface area contributed by atoms with Crippen LogP contribution in [0.1, 0.15) is 52.1 Å². The van der Waals surface area contributed by atoms with Crippen LogP contribution in [0.4, 0.5) is 5.82 Å². The molecule has 4 heteroatoms. The van der Waals surface area contributed by atoms with Gasteiger partial charge >= 0.3 is 0 Å². The summed E-state index contributed by atoms with van der Waals surface area (Å²) in [6.07, 6.45) is 0. The molecule has 0 saturated carbocycles. The summed E-state index contributed by atoms with van der Waals surface area (Å²) in [4.78, 5) is 14.2. The van der Waals surface area contributed by atoms with E-state index in [1.807, 2.05) is 0 Å². The second-order valence-electron chi connectivity index (χ2n) is 7.03. The van der Waals surface area contributed by atoms with Gasteiger partial charge in [-0.3, -0.25) is 4.90 Å². The van der Waals surface area contributed by atoms with E-state index >= 15 is 0 Å². The van der Waals surface area contributed by atoms with Crippen molar-refractivity contribution in [2.75, 3.05) is 31.1 Å². The predicted octanol–water partition coefficient (Wildman–Crippen LogP) is 2.83. The van der Waals surface area contributed by atoms with Crippen molar-refractivity contribution in [3.8, 4) is 0 Å². The summed E-state index contributed by atoms with van der Waals surface area (Å²) < 4.78 is 0. The summed E-state index contributed by atoms with van der Waals surface area (Å²) in [6, 6.07) is 2.11. The number of nitrogens with zero attached hydrogens (tertiary/aromatic N) is 4. The molecule has 1 aliphatic heterocycles. The van der Waals surface area contributed by atoms with Crippen LogP contribution in [0.3, 0.4) is 0 Å². The Balaban J connectivity index is 2.11. The predicted molar refractivity (Wildman–Crippen MR) is 84.4 cm³/mol. The molecule has 1 aliphatic rings. The van der Waals surface area contributed by atoms with Crippen LogP contribution in [0.15, 0.2) is 6.07 Å². The van der Waals surface area contributed by atoms with Gasteiger partial charge in [-0.15, -0.1) is 0 Å². The topological polar surface area (TPSA) is 32.3 Å². The average molecular weight is 276 g/mol. The molecular formula is C16H28N4. The molecule has 0 aliphatic carbocycles. The fraction of sp³-hybridized carbons (Fsp3) is 0.750. The van der Waals surface area contributed by atoms with Crippen molar-refractivity contribution >= 4 is 5.82 Å². The van der Waals surface area contributed by atoms with Gasteiger partial charge < -0.3 is 4.90 Å². The Morgan fingerprint density at radius 3 is 2.15 bits per heavy atom. The van der Waals surface area contributed by atoms with Gasteiger partial charge in [0.05, 0.1) is 0 Å². The van der Waals surface area contributed by atoms with Gasteiger partial charge in [-0.1, -0.05) is 13.8 Å². The van der Waals surface area contributed by atoms with Crippen LogP contribution in [0.2, 0.25) is 0 Å². The quantitative estimate of drug-likeness (QED) is 0.831. The van der Waals surface area contributed by atoms with E-state index in [-0.39, 0.29) is 5.54 Å². The maximum Gasteiger partial charge on any atom is 0.133 e. The molecule has 2 heterocycles. The van der Waals surface area contributed by atoms with Crippen LogP contribution < -0.4 is 4.90 Å². The molecule has 0 aromatic carbocycles. The van der Waals surface area contributed by atoms with Crippen LogP contribution in [0, 0.1) is 6.92 Å². The molecule has 112 valence electrons. The first-order chi connectivity index (χ1) is 9.27. The standard InChI is InChI=1S/C16H28N4/c1-12(2)15-17-13(3)11-14(18-15)19-7-9-20(10-8-19)16(4,5)6/h11-12H,7-10H2,1-6H3. The second-order valence-corrected chi connectivity index (χ2v) is 7.03. The third-order valence-corrected chi connectivity index (χ3v) is 3.93. The van der Waals surface area contributed by atoms with Crippen LogP contribution in [0.25, 0.3) is 0 Å². The van der Waals surface area contributed by atoms with Crippen LogP contribution in [-0.4, -0.2) is 46.6 Å². The first kappa shape index (κ1) is 15.2. The molecule has 0 amide bonds. The van der Waals surface area contributed by atoms with E-state index in [0.717, 1.165) is 43.5 Å². The molecule has 1 fully saturated rings. The van der Waals surface area contributed by atoms with Gasteiger partial charge in [0.2, 0.25) is 0 Å². The summed E-state index contributed by atoms with van der Waals surface area (Å²) >= 11 is 0. The maximum atomic E-state index is 4.74. The van der Waals surface area contributed by atoms with Crippen molar-refractivity contribution in [2.24, 2.45) is 0 Å². The first-order valence-corrected chi connectivity index (χ1v) is 7.63. The summed E-state index contributed by atoms with van der Waals surface area (Å²) in [5.74, 6) is 2.43. The Kier molecular flexibility index (Phi) is 4.33. The first-order valence-electron chi connectivity index (χ1n) is 7.63. The summed E-state index contributed by atoms with van der Waals surface area (Å²) in [7, 11) is 0. The molecule has 0 spiro atoms. The van der Waals surface area contributed by atoms with E-state index in [2.05, 4.69) is 62.4 Å². The Morgan fingerprint density at radius 1 is 1.05 bits per heavy atom. The van der Waals surface area contributed by atoms with E-state index in [1.165, 1.54) is 0 Å². The monoisotopic (exact) mass is 276 g/mol. The van der Waals surface area contributed by atoms with E-state index in [9.17, 15) is 0 Å². The Labute approximate surface area is 123 Å². The smallest absolute Gasteiger partial charge is 0.133 e. The average Bonchev–Trinajstić information content (AvgIpc) is 2.37. The molecule has 2 rings (SSSR count). The number of piperazine rings is 1. The molecule has 20 heavy (non-hydrogen) atoms. The summed E-state index contributed by atoms with van der Waals surface area (Å²) in [6.45, 7) is 17.5. The van der Waals surface area contributed by atoms with Gasteiger partial charge in [-0.2, -0.15) is 0 Å². The van der Waals surface area contributed by atoms with E-state index < -0.39 is 0 Å². The molecule has 1 aromatic heterocycles. The Hall–Kier alpha value is -1.16. The maximum absolute atomic E-state index is 4.74. The zero-order valence-electron chi connectivity index (χ0n) is 13.8. The van der Waals surface area contributed by atoms with Crippen molar-refractivity contribution in [3.63, 3.8) is 0 Å². The minimum atomic E-state index is 0.261. The van der Waals surface area contributed by atoms with Crippen molar-refractivity contribution < 1.29 is 0 Å². The Bertz CT molecular complexity index is 454. The van der Waals surface area contributed by atoms with E-state index in [4.69, 9.17) is 4.98 Å². The number of aryl methyl sites for hydroxylation is 1. The van der Waals surface area contributed by atoms with Crippen LogP contribution in [-0.2, 0) is 0 Å². The number of hydrogen-bond acceptors (Lipinski definition) is 4. The molecule has 1 aromatic rings. The molecule has 1 saturated heterocycles. The third kappa shape index (κ3) is 3.48. The van der Waals surface area contributed by atoms with E-state index in [0.29, 0.717) is 5.92 Å². The molecule has 0 N–H and O–H groups in total. The zero-order chi connectivity index (χ0) is 14.9. The lowest BCUT2D eigenvalue weighted by Gasteiger charge is -2.42. The van der Waals surface area contributed by atoms with Crippen molar-refractivity contribution in [1.29, 1.82) is 0 Å². The fourth-order valence-electron chi connectivity index (χ4n) is 2.60. The van der Waals surface area contributed by atoms with Gasteiger partial charge in [0.15, 0.2) is 0 Å². The Morgan fingerprint density at radius 2 is 1.65 bits per heavy atom. The lowest BCUT2D eigenvalue weighted by atomic mass is 10.0. The van der Waals surface area contributed by atoms with Gasteiger partial charge in [0.25, 0.3) is 0 Å². The third-order valence-electron chi connectivity index (χ3n) is 3.93. The van der Waals surface area contributed by atoms with Gasteiger partial charge in [0.1, 0.15) is 11.6 Å². The summed E-state index contributed by atoms with van der Waals surface area (Å²) in [5, 5.41) is 0. The van der Waals surface area contributed by atoms with Crippen LogP contribution in [0.5, 0.6) is 0 Å². The number of anilines is 1. The normalized spacial score (nSPS) is 17.9. The molecular weight excluding hydrogens is 248 g/mol. The highest BCUT2D eigenvalue weighted by atomic mass is 15.3. The van der Waals surface area contributed by atoms with E-state index in [1.54, 1.807) is 0 Å². The molecule has 0 radical (unpaired) electrons. The highest BCUT2D eigenvalue weighted by Gasteiger charge is 2.26. The molecule has 4 nitrogen and oxygen atoms in total. The minimum absolute atomic E-state index is 0.261. The van der Waals surface area contributed by atoms with Gasteiger partial charge in [-0.25, -0.2) is 9.97 Å². The highest BCUT2D eigenvalue weighted by Crippen LogP contribution is 2.21. The minimum Gasteiger partial charge on any atom is -0.354 e. The molecule has 0 bridgehead atoms. The van der Waals surface area contributed by atoms with Gasteiger partial charge in [0, 0.05) is 49.4 Å². The van der Waals surface area contributed by atoms with Crippen molar-refractivity contribution in [1.82, 2.24) is 14.9 Å². The van der Waals surface area contributed by atoms with Gasteiger partial charge in [-0.05, 0) is 27.7 Å². The second kappa shape index (κ2) is 5.68. The number of hydrogen-bond donors (Lipinski definition) is 0. The van der Waals surface area contributed by atoms with Crippen molar-refractivity contribution in [3.05, 3.63) is 17.6 Å². The lowest BCUT2D eigenvalue weighted by molar-refractivity contribution is 0.128. The molecule has 0 unspecified atom stereocenters. The highest BCUT2D eigenvalue weighted by molar-refractivity contribution is 5.40. The SMILES string of the molecule is Cc1cc(N2CCN(C(C)(C)C)CC2)nc(C(C)C)n1. The van der Waals surface area contributed by atoms with Crippen LogP contribution >= 0.6 is 0 Å². The summed E-state index contributed by atoms with van der Waals surface area (Å²) in [5.41, 5.74) is 1.33. The molecule has 0 atom stereocenters. The van der Waals surface area contributed by atoms with Crippen molar-refractivity contribution in [2.45, 2.75) is 53.0 Å². The fourth-order valence-corrected chi connectivity index (χ4v) is 2.60. The zero-order valence-corrected chi connectivity index (χ0v) is 13.8. The number of aromatic nitrogens is 2. The largest absolute Gasteiger partial charge is 0.354 e. The lowest BCUT2D eigenvalue weighted by Crippen LogP contribution is -2.53.